The molecule has 0 saturated heterocycles. The Morgan fingerprint density at radius 1 is 0.383 bits per heavy atom. The van der Waals surface area contributed by atoms with Gasteiger partial charge in [-0.15, -0.1) is 0 Å². The van der Waals surface area contributed by atoms with Crippen molar-refractivity contribution in [2.24, 2.45) is 0 Å². The molecule has 0 unspecified atom stereocenters. The van der Waals surface area contributed by atoms with E-state index < -0.39 is 17.9 Å². The van der Waals surface area contributed by atoms with Crippen molar-refractivity contribution in [2.45, 2.75) is 77.0 Å². The second-order valence-electron chi connectivity index (χ2n) is 13.5. The highest BCUT2D eigenvalue weighted by Gasteiger charge is 2.16. The van der Waals surface area contributed by atoms with Gasteiger partial charge in [0.2, 0.25) is 0 Å². The number of unbranched alkanes of at least 4 members (excludes halogenated alkanes) is 9. The lowest BCUT2D eigenvalue weighted by atomic mass is 10.2. The van der Waals surface area contributed by atoms with Crippen LogP contribution in [0.5, 0.6) is 34.5 Å². The topological polar surface area (TPSA) is 173 Å². The van der Waals surface area contributed by atoms with E-state index in [9.17, 15) is 14.4 Å². The van der Waals surface area contributed by atoms with Crippen molar-refractivity contribution in [1.82, 2.24) is 15.0 Å². The van der Waals surface area contributed by atoms with Crippen LogP contribution < -0.4 is 28.4 Å². The summed E-state index contributed by atoms with van der Waals surface area (Å²) in [6.07, 6.45) is 15.2. The van der Waals surface area contributed by atoms with Crippen molar-refractivity contribution in [3.63, 3.8) is 0 Å². The smallest absolute Gasteiger partial charge is 0.360 e. The number of ether oxygens (including phenoxy) is 9. The first kappa shape index (κ1) is 46.6. The third kappa shape index (κ3) is 16.6. The van der Waals surface area contributed by atoms with E-state index in [1.165, 1.54) is 39.9 Å². The number of pyridine rings is 3. The number of methoxy groups -OCH3 is 3. The lowest BCUT2D eigenvalue weighted by Gasteiger charge is -2.14. The highest BCUT2D eigenvalue weighted by Crippen LogP contribution is 2.29. The molecule has 0 aliphatic heterocycles. The van der Waals surface area contributed by atoms with Gasteiger partial charge in [-0.1, -0.05) is 0 Å². The molecule has 15 heteroatoms. The van der Waals surface area contributed by atoms with Crippen LogP contribution >= 0.6 is 0 Å². The first-order valence-corrected chi connectivity index (χ1v) is 20.4. The monoisotopic (exact) mass is 831 g/mol. The van der Waals surface area contributed by atoms with Gasteiger partial charge in [-0.05, 0) is 113 Å². The van der Waals surface area contributed by atoms with Crippen LogP contribution in [0.3, 0.4) is 0 Å². The third-order valence-corrected chi connectivity index (χ3v) is 9.00. The molecule has 324 valence electrons. The number of esters is 3. The Hall–Kier alpha value is -6.12. The van der Waals surface area contributed by atoms with Gasteiger partial charge in [0.05, 0.1) is 61.0 Å². The molecule has 1 aromatic carbocycles. The number of carbonyl (C=O) groups excluding carboxylic acids is 3. The minimum atomic E-state index is -0.527. The summed E-state index contributed by atoms with van der Waals surface area (Å²) in [5.41, 5.74) is 0.511. The molecular weight excluding hydrogens is 775 g/mol. The number of hydrogen-bond acceptors (Lipinski definition) is 15. The fourth-order valence-electron chi connectivity index (χ4n) is 5.86. The number of benzene rings is 1. The Kier molecular flexibility index (Phi) is 21.4. The summed E-state index contributed by atoms with van der Waals surface area (Å²) in [5, 5.41) is 0. The molecule has 4 rings (SSSR count). The molecular formula is C45H57N3O12. The van der Waals surface area contributed by atoms with Gasteiger partial charge in [0.25, 0.3) is 0 Å². The predicted molar refractivity (Wildman–Crippen MR) is 222 cm³/mol. The molecule has 3 aromatic heterocycles. The maximum absolute atomic E-state index is 11.9. The minimum Gasteiger partial charge on any atom is -0.493 e. The van der Waals surface area contributed by atoms with Crippen molar-refractivity contribution < 1.29 is 57.0 Å². The van der Waals surface area contributed by atoms with Gasteiger partial charge in [-0.25, -0.2) is 29.3 Å². The molecule has 0 aliphatic carbocycles. The summed E-state index contributed by atoms with van der Waals surface area (Å²) in [5.74, 6) is 1.70. The van der Waals surface area contributed by atoms with Crippen molar-refractivity contribution >= 4 is 17.9 Å². The standard InChI is InChI=1S/C45H57N3O12/c1-52-43(49)40-37(19-16-22-46-40)58-28-13-7-4-10-25-55-34-31-35(56-26-11-5-8-14-29-59-38-20-17-23-47-41(38)44(50)53-2)33-36(32-34)57-27-12-6-9-15-30-60-39-21-18-24-48-42(39)45(51)54-3/h16-24,31-33H,4-15,25-30H2,1-3H3. The molecule has 60 heavy (non-hydrogen) atoms. The average Bonchev–Trinajstić information content (AvgIpc) is 3.28. The zero-order valence-corrected chi connectivity index (χ0v) is 34.9. The molecule has 0 bridgehead atoms. The number of rotatable bonds is 30. The fourth-order valence-corrected chi connectivity index (χ4v) is 5.86. The van der Waals surface area contributed by atoms with Crippen LogP contribution in [0, 0.1) is 0 Å². The number of aromatic nitrogens is 3. The van der Waals surface area contributed by atoms with Gasteiger partial charge in [0.15, 0.2) is 34.3 Å². The maximum atomic E-state index is 11.9. The van der Waals surface area contributed by atoms with Gasteiger partial charge in [-0.2, -0.15) is 0 Å². The molecule has 0 N–H and O–H groups in total. The van der Waals surface area contributed by atoms with Gasteiger partial charge in [-0.3, -0.25) is 0 Å². The van der Waals surface area contributed by atoms with E-state index in [0.29, 0.717) is 74.1 Å². The summed E-state index contributed by atoms with van der Waals surface area (Å²) < 4.78 is 50.2. The summed E-state index contributed by atoms with van der Waals surface area (Å²) in [4.78, 5) is 48.0. The average molecular weight is 832 g/mol. The number of nitrogens with zero attached hydrogens (tertiary/aromatic N) is 3. The summed E-state index contributed by atoms with van der Waals surface area (Å²) in [7, 11) is 3.95. The van der Waals surface area contributed by atoms with Crippen molar-refractivity contribution in [3.8, 4) is 34.5 Å². The van der Waals surface area contributed by atoms with E-state index in [2.05, 4.69) is 15.0 Å². The third-order valence-electron chi connectivity index (χ3n) is 9.00. The highest BCUT2D eigenvalue weighted by atomic mass is 16.5. The van der Waals surface area contributed by atoms with Crippen LogP contribution in [0.4, 0.5) is 0 Å². The molecule has 0 fully saturated rings. The maximum Gasteiger partial charge on any atom is 0.360 e. The van der Waals surface area contributed by atoms with E-state index in [0.717, 1.165) is 77.0 Å². The quantitative estimate of drug-likeness (QED) is 0.0279. The van der Waals surface area contributed by atoms with E-state index >= 15 is 0 Å². The SMILES string of the molecule is COC(=O)c1ncccc1OCCCCCCOc1cc(OCCCCCCOc2cccnc2C(=O)OC)cc(OCCCCCCOc2cccnc2C(=O)OC)c1. The Bertz CT molecular complexity index is 1670. The Morgan fingerprint density at radius 3 is 0.883 bits per heavy atom. The number of carbonyl (C=O) groups is 3. The van der Waals surface area contributed by atoms with Crippen LogP contribution in [0.2, 0.25) is 0 Å². The molecule has 3 heterocycles. The summed E-state index contributed by atoms with van der Waals surface area (Å²) in [6, 6.07) is 16.0. The molecule has 0 amide bonds. The normalized spacial score (nSPS) is 10.7. The van der Waals surface area contributed by atoms with E-state index in [4.69, 9.17) is 42.6 Å². The van der Waals surface area contributed by atoms with Crippen LogP contribution in [0.25, 0.3) is 0 Å². The molecule has 4 aromatic rings. The zero-order chi connectivity index (χ0) is 42.6. The van der Waals surface area contributed by atoms with Crippen molar-refractivity contribution in [3.05, 3.63) is 90.3 Å². The van der Waals surface area contributed by atoms with Crippen molar-refractivity contribution in [2.75, 3.05) is 61.0 Å². The van der Waals surface area contributed by atoms with Gasteiger partial charge in [0.1, 0.15) is 17.2 Å². The molecule has 0 aliphatic rings. The molecule has 0 saturated carbocycles. The van der Waals surface area contributed by atoms with Crippen LogP contribution in [0.1, 0.15) is 109 Å². The van der Waals surface area contributed by atoms with E-state index in [1.54, 1.807) is 36.4 Å². The largest absolute Gasteiger partial charge is 0.493 e. The number of hydrogen-bond donors (Lipinski definition) is 0. The summed E-state index contributed by atoms with van der Waals surface area (Å²) >= 11 is 0. The first-order chi connectivity index (χ1) is 29.4. The zero-order valence-electron chi connectivity index (χ0n) is 34.9. The molecule has 0 radical (unpaired) electrons. The van der Waals surface area contributed by atoms with Crippen LogP contribution in [-0.4, -0.2) is 93.8 Å². The fraction of sp³-hybridized carbons (Fsp3) is 0.467. The Morgan fingerprint density at radius 2 is 0.633 bits per heavy atom. The van der Waals surface area contributed by atoms with Gasteiger partial charge in [0, 0.05) is 36.8 Å². The van der Waals surface area contributed by atoms with Gasteiger partial charge < -0.3 is 42.6 Å². The predicted octanol–water partition coefficient (Wildman–Crippen LogP) is 8.29. The Labute approximate surface area is 352 Å². The second kappa shape index (κ2) is 27.5. The van der Waals surface area contributed by atoms with E-state index in [-0.39, 0.29) is 17.1 Å². The molecule has 0 spiro atoms. The lowest BCUT2D eigenvalue weighted by Crippen LogP contribution is -2.08. The minimum absolute atomic E-state index is 0.170. The summed E-state index contributed by atoms with van der Waals surface area (Å²) in [6.45, 7) is 2.98. The first-order valence-electron chi connectivity index (χ1n) is 20.4. The Balaban J connectivity index is 1.17. The van der Waals surface area contributed by atoms with Gasteiger partial charge >= 0.3 is 17.9 Å². The van der Waals surface area contributed by atoms with Crippen LogP contribution in [0.15, 0.2) is 73.2 Å². The van der Waals surface area contributed by atoms with Crippen LogP contribution in [-0.2, 0) is 14.2 Å². The molecule has 15 nitrogen and oxygen atoms in total. The lowest BCUT2D eigenvalue weighted by molar-refractivity contribution is 0.0579. The molecule has 0 atom stereocenters. The van der Waals surface area contributed by atoms with Crippen molar-refractivity contribution in [1.29, 1.82) is 0 Å². The van der Waals surface area contributed by atoms with E-state index in [1.807, 2.05) is 18.2 Å². The highest BCUT2D eigenvalue weighted by molar-refractivity contribution is 5.91. The second-order valence-corrected chi connectivity index (χ2v) is 13.5.